The number of benzene rings is 1. The molecule has 1 fully saturated rings. The lowest BCUT2D eigenvalue weighted by Gasteiger charge is -2.20. The molecule has 1 aliphatic heterocycles. The highest BCUT2D eigenvalue weighted by atomic mass is 35.5. The van der Waals surface area contributed by atoms with Gasteiger partial charge in [0.1, 0.15) is 11.6 Å². The molecule has 1 aromatic rings. The van der Waals surface area contributed by atoms with Gasteiger partial charge in [-0.1, -0.05) is 6.07 Å². The summed E-state index contributed by atoms with van der Waals surface area (Å²) in [5.74, 6) is -1.39. The maximum atomic E-state index is 13.4. The molecule has 0 unspecified atom stereocenters. The van der Waals surface area contributed by atoms with Crippen molar-refractivity contribution in [2.24, 2.45) is 0 Å². The molecule has 1 amide bonds. The fourth-order valence-electron chi connectivity index (χ4n) is 2.03. The van der Waals surface area contributed by atoms with Crippen molar-refractivity contribution in [2.45, 2.75) is 12.8 Å². The average Bonchev–Trinajstić information content (AvgIpc) is 2.61. The molecular formula is C13H17ClF2N2O. The number of nitrogens with one attached hydrogen (secondary N) is 1. The molecule has 1 aromatic carbocycles. The summed E-state index contributed by atoms with van der Waals surface area (Å²) in [5, 5.41) is 3.20. The van der Waals surface area contributed by atoms with Gasteiger partial charge in [-0.3, -0.25) is 4.79 Å². The zero-order valence-corrected chi connectivity index (χ0v) is 11.3. The second-order valence-electron chi connectivity index (χ2n) is 4.40. The molecule has 0 aliphatic carbocycles. The summed E-state index contributed by atoms with van der Waals surface area (Å²) in [6.07, 6.45) is 0.893. The Bertz CT molecular complexity index is 435. The Morgan fingerprint density at radius 2 is 2.05 bits per heavy atom. The number of amides is 1. The Balaban J connectivity index is 0.00000180. The minimum absolute atomic E-state index is 0. The van der Waals surface area contributed by atoms with Gasteiger partial charge in [0, 0.05) is 25.7 Å². The number of hydrogen-bond acceptors (Lipinski definition) is 2. The third-order valence-corrected chi connectivity index (χ3v) is 3.05. The predicted octanol–water partition coefficient (Wildman–Crippen LogP) is 1.75. The monoisotopic (exact) mass is 290 g/mol. The van der Waals surface area contributed by atoms with E-state index in [0.29, 0.717) is 13.1 Å². The van der Waals surface area contributed by atoms with Crippen molar-refractivity contribution >= 4 is 18.3 Å². The van der Waals surface area contributed by atoms with E-state index in [9.17, 15) is 13.6 Å². The standard InChI is InChI=1S/C13H16F2N2O.ClH/c14-11-3-2-10(12(15)9-11)8-13(18)17-6-1-4-16-5-7-17;/h2-3,9,16H,1,4-8H2;1H. The van der Waals surface area contributed by atoms with E-state index in [4.69, 9.17) is 0 Å². The van der Waals surface area contributed by atoms with Gasteiger partial charge in [-0.15, -0.1) is 12.4 Å². The van der Waals surface area contributed by atoms with Crippen LogP contribution in [0, 0.1) is 11.6 Å². The quantitative estimate of drug-likeness (QED) is 0.900. The van der Waals surface area contributed by atoms with E-state index in [0.717, 1.165) is 25.6 Å². The molecule has 0 radical (unpaired) electrons. The van der Waals surface area contributed by atoms with Gasteiger partial charge in [0.15, 0.2) is 0 Å². The highest BCUT2D eigenvalue weighted by Gasteiger charge is 2.17. The summed E-state index contributed by atoms with van der Waals surface area (Å²) in [6.45, 7) is 2.99. The summed E-state index contributed by atoms with van der Waals surface area (Å²) in [4.78, 5) is 13.7. The van der Waals surface area contributed by atoms with Gasteiger partial charge in [0.25, 0.3) is 0 Å². The third kappa shape index (κ3) is 4.44. The molecular weight excluding hydrogens is 274 g/mol. The summed E-state index contributed by atoms with van der Waals surface area (Å²) in [7, 11) is 0. The van der Waals surface area contributed by atoms with Crippen molar-refractivity contribution in [1.82, 2.24) is 10.2 Å². The topological polar surface area (TPSA) is 32.3 Å². The lowest BCUT2D eigenvalue weighted by molar-refractivity contribution is -0.130. The molecule has 19 heavy (non-hydrogen) atoms. The molecule has 0 saturated carbocycles. The highest BCUT2D eigenvalue weighted by Crippen LogP contribution is 2.11. The third-order valence-electron chi connectivity index (χ3n) is 3.05. The number of rotatable bonds is 2. The molecule has 1 aliphatic rings. The van der Waals surface area contributed by atoms with Gasteiger partial charge in [0.2, 0.25) is 5.91 Å². The van der Waals surface area contributed by atoms with Gasteiger partial charge < -0.3 is 10.2 Å². The molecule has 6 heteroatoms. The number of halogens is 3. The fraction of sp³-hybridized carbons (Fsp3) is 0.462. The Morgan fingerprint density at radius 3 is 2.79 bits per heavy atom. The molecule has 3 nitrogen and oxygen atoms in total. The second kappa shape index (κ2) is 7.40. The second-order valence-corrected chi connectivity index (χ2v) is 4.40. The van der Waals surface area contributed by atoms with Crippen molar-refractivity contribution in [3.63, 3.8) is 0 Å². The maximum absolute atomic E-state index is 13.4. The smallest absolute Gasteiger partial charge is 0.227 e. The summed E-state index contributed by atoms with van der Waals surface area (Å²) in [6, 6.07) is 3.32. The highest BCUT2D eigenvalue weighted by molar-refractivity contribution is 5.85. The van der Waals surface area contributed by atoms with E-state index in [2.05, 4.69) is 5.32 Å². The van der Waals surface area contributed by atoms with Crippen LogP contribution in [0.3, 0.4) is 0 Å². The largest absolute Gasteiger partial charge is 0.341 e. The fourth-order valence-corrected chi connectivity index (χ4v) is 2.03. The van der Waals surface area contributed by atoms with Crippen LogP contribution in [-0.4, -0.2) is 37.0 Å². The molecule has 1 saturated heterocycles. The maximum Gasteiger partial charge on any atom is 0.227 e. The van der Waals surface area contributed by atoms with Crippen LogP contribution in [0.15, 0.2) is 18.2 Å². The van der Waals surface area contributed by atoms with Crippen LogP contribution in [0.1, 0.15) is 12.0 Å². The Labute approximate surface area is 117 Å². The van der Waals surface area contributed by atoms with Crippen LogP contribution in [0.4, 0.5) is 8.78 Å². The van der Waals surface area contributed by atoms with Crippen molar-refractivity contribution in [3.05, 3.63) is 35.4 Å². The van der Waals surface area contributed by atoms with Crippen molar-refractivity contribution in [2.75, 3.05) is 26.2 Å². The van der Waals surface area contributed by atoms with Gasteiger partial charge in [0.05, 0.1) is 6.42 Å². The Hall–Kier alpha value is -1.20. The summed E-state index contributed by atoms with van der Waals surface area (Å²) < 4.78 is 26.2. The van der Waals surface area contributed by atoms with E-state index < -0.39 is 11.6 Å². The van der Waals surface area contributed by atoms with Crippen molar-refractivity contribution < 1.29 is 13.6 Å². The minimum atomic E-state index is -0.656. The van der Waals surface area contributed by atoms with Gasteiger partial charge in [-0.05, 0) is 24.6 Å². The van der Waals surface area contributed by atoms with Crippen LogP contribution in [0.2, 0.25) is 0 Å². The summed E-state index contributed by atoms with van der Waals surface area (Å²) >= 11 is 0. The van der Waals surface area contributed by atoms with Crippen LogP contribution in [0.25, 0.3) is 0 Å². The first kappa shape index (κ1) is 15.9. The Kier molecular flexibility index (Phi) is 6.18. The SMILES string of the molecule is Cl.O=C(Cc1ccc(F)cc1F)N1CCCNCC1. The first-order valence-corrected chi connectivity index (χ1v) is 6.09. The lowest BCUT2D eigenvalue weighted by Crippen LogP contribution is -2.35. The van der Waals surface area contributed by atoms with E-state index in [1.807, 2.05) is 0 Å². The van der Waals surface area contributed by atoms with Gasteiger partial charge in [-0.25, -0.2) is 8.78 Å². The van der Waals surface area contributed by atoms with E-state index >= 15 is 0 Å². The van der Waals surface area contributed by atoms with Crippen molar-refractivity contribution in [1.29, 1.82) is 0 Å². The minimum Gasteiger partial charge on any atom is -0.341 e. The van der Waals surface area contributed by atoms with Gasteiger partial charge in [-0.2, -0.15) is 0 Å². The Morgan fingerprint density at radius 1 is 1.26 bits per heavy atom. The molecule has 2 rings (SSSR count). The zero-order valence-electron chi connectivity index (χ0n) is 10.5. The first-order chi connectivity index (χ1) is 8.66. The van der Waals surface area contributed by atoms with Crippen LogP contribution in [-0.2, 0) is 11.2 Å². The molecule has 0 atom stereocenters. The first-order valence-electron chi connectivity index (χ1n) is 6.09. The molecule has 1 heterocycles. The normalized spacial score (nSPS) is 15.6. The number of nitrogens with zero attached hydrogens (tertiary/aromatic N) is 1. The van der Waals surface area contributed by atoms with Gasteiger partial charge >= 0.3 is 0 Å². The van der Waals surface area contributed by atoms with Crippen LogP contribution >= 0.6 is 12.4 Å². The molecule has 0 aromatic heterocycles. The van der Waals surface area contributed by atoms with E-state index in [-0.39, 0.29) is 30.3 Å². The zero-order chi connectivity index (χ0) is 13.0. The number of hydrogen-bond donors (Lipinski definition) is 1. The summed E-state index contributed by atoms with van der Waals surface area (Å²) in [5.41, 5.74) is 0.249. The van der Waals surface area contributed by atoms with Crippen molar-refractivity contribution in [3.8, 4) is 0 Å². The number of carbonyl (C=O) groups excluding carboxylic acids is 1. The average molecular weight is 291 g/mol. The molecule has 1 N–H and O–H groups in total. The van der Waals surface area contributed by atoms with E-state index in [1.54, 1.807) is 4.90 Å². The van der Waals surface area contributed by atoms with E-state index in [1.165, 1.54) is 12.1 Å². The number of carbonyl (C=O) groups is 1. The lowest BCUT2D eigenvalue weighted by atomic mass is 10.1. The molecule has 106 valence electrons. The molecule has 0 bridgehead atoms. The van der Waals surface area contributed by atoms with Crippen LogP contribution < -0.4 is 5.32 Å². The predicted molar refractivity (Wildman–Crippen MR) is 71.4 cm³/mol. The van der Waals surface area contributed by atoms with Crippen LogP contribution in [0.5, 0.6) is 0 Å². The molecule has 0 spiro atoms.